The molecule has 1 aliphatic heterocycles. The van der Waals surface area contributed by atoms with Crippen LogP contribution in [0.2, 0.25) is 0 Å². The maximum absolute atomic E-state index is 12.5. The van der Waals surface area contributed by atoms with Gasteiger partial charge in [-0.3, -0.25) is 9.48 Å². The van der Waals surface area contributed by atoms with E-state index in [1.165, 1.54) is 19.0 Å². The van der Waals surface area contributed by atoms with Gasteiger partial charge in [0.15, 0.2) is 0 Å². The number of amides is 1. The fraction of sp³-hybridized carbons (Fsp3) is 0.500. The molecule has 4 rings (SSSR count). The first-order valence-electron chi connectivity index (χ1n) is 10.4. The molecule has 0 radical (unpaired) electrons. The minimum Gasteiger partial charge on any atom is -0.422 e. The lowest BCUT2D eigenvalue weighted by molar-refractivity contribution is -0.121. The molecule has 0 spiro atoms. The lowest BCUT2D eigenvalue weighted by Gasteiger charge is -2.30. The predicted octanol–water partition coefficient (Wildman–Crippen LogP) is 2.69. The molecule has 29 heavy (non-hydrogen) atoms. The van der Waals surface area contributed by atoms with Gasteiger partial charge in [0, 0.05) is 18.5 Å². The number of rotatable bonds is 6. The fourth-order valence-corrected chi connectivity index (χ4v) is 4.22. The summed E-state index contributed by atoms with van der Waals surface area (Å²) in [6, 6.07) is 5.63. The Labute approximate surface area is 169 Å². The Balaban J connectivity index is 1.41. The molecule has 1 N–H and O–H groups in total. The van der Waals surface area contributed by atoms with Gasteiger partial charge in [-0.05, 0) is 57.3 Å². The lowest BCUT2D eigenvalue weighted by Crippen LogP contribution is -2.37. The van der Waals surface area contributed by atoms with Crippen LogP contribution in [0.3, 0.4) is 0 Å². The van der Waals surface area contributed by atoms with Crippen molar-refractivity contribution in [3.8, 4) is 0 Å². The van der Waals surface area contributed by atoms with Crippen LogP contribution >= 0.6 is 0 Å². The van der Waals surface area contributed by atoms with Crippen LogP contribution in [0.15, 0.2) is 33.6 Å². The molecule has 7 heteroatoms. The first-order valence-corrected chi connectivity index (χ1v) is 10.4. The summed E-state index contributed by atoms with van der Waals surface area (Å²) in [6.45, 7) is 8.33. The Morgan fingerprint density at radius 1 is 1.34 bits per heavy atom. The summed E-state index contributed by atoms with van der Waals surface area (Å²) in [7, 11) is 0. The number of fused-ring (bicyclic) bond motifs is 3. The summed E-state index contributed by atoms with van der Waals surface area (Å²) in [4.78, 5) is 27.2. The summed E-state index contributed by atoms with van der Waals surface area (Å²) in [5.41, 5.74) is 1.78. The maximum atomic E-state index is 12.5. The average Bonchev–Trinajstić information content (AvgIpc) is 3.11. The third-order valence-electron chi connectivity index (χ3n) is 5.66. The SMILES string of the molecule is Cc1ccc2oc(=O)c3cnn(CC(=O)NCCCN4CCCC(C)C4)c3c2c1. The van der Waals surface area contributed by atoms with Gasteiger partial charge in [-0.15, -0.1) is 0 Å². The van der Waals surface area contributed by atoms with Gasteiger partial charge < -0.3 is 14.6 Å². The third kappa shape index (κ3) is 4.34. The van der Waals surface area contributed by atoms with E-state index in [2.05, 4.69) is 22.2 Å². The summed E-state index contributed by atoms with van der Waals surface area (Å²) in [6.07, 6.45) is 5.00. The van der Waals surface area contributed by atoms with E-state index >= 15 is 0 Å². The smallest absolute Gasteiger partial charge is 0.347 e. The Bertz CT molecular complexity index is 1080. The van der Waals surface area contributed by atoms with Crippen molar-refractivity contribution in [2.45, 2.75) is 39.7 Å². The van der Waals surface area contributed by atoms with Crippen LogP contribution in [0.4, 0.5) is 0 Å². The molecule has 0 bridgehead atoms. The average molecular weight is 396 g/mol. The largest absolute Gasteiger partial charge is 0.422 e. The molecular formula is C22H28N4O3. The summed E-state index contributed by atoms with van der Waals surface area (Å²) in [5.74, 6) is 0.665. The molecule has 0 aliphatic carbocycles. The number of piperidine rings is 1. The van der Waals surface area contributed by atoms with Crippen LogP contribution in [0.1, 0.15) is 31.7 Å². The molecule has 1 unspecified atom stereocenters. The number of carbonyl (C=O) groups is 1. The number of nitrogens with zero attached hydrogens (tertiary/aromatic N) is 3. The molecule has 7 nitrogen and oxygen atoms in total. The molecular weight excluding hydrogens is 368 g/mol. The minimum absolute atomic E-state index is 0.0801. The highest BCUT2D eigenvalue weighted by molar-refractivity contribution is 6.02. The number of carbonyl (C=O) groups excluding carboxylic acids is 1. The van der Waals surface area contributed by atoms with Crippen LogP contribution < -0.4 is 10.9 Å². The van der Waals surface area contributed by atoms with Crippen molar-refractivity contribution in [3.63, 3.8) is 0 Å². The van der Waals surface area contributed by atoms with Crippen LogP contribution in [0, 0.1) is 12.8 Å². The molecule has 1 aromatic carbocycles. The molecule has 2 aromatic heterocycles. The van der Waals surface area contributed by atoms with Crippen molar-refractivity contribution >= 4 is 27.8 Å². The minimum atomic E-state index is -0.432. The van der Waals surface area contributed by atoms with Gasteiger partial charge in [0.25, 0.3) is 0 Å². The molecule has 1 fully saturated rings. The molecule has 1 saturated heterocycles. The van der Waals surface area contributed by atoms with Crippen LogP contribution in [-0.2, 0) is 11.3 Å². The van der Waals surface area contributed by atoms with Gasteiger partial charge in [0.05, 0.1) is 11.7 Å². The predicted molar refractivity (Wildman–Crippen MR) is 113 cm³/mol. The normalized spacial score (nSPS) is 17.8. The number of aryl methyl sites for hydroxylation is 1. The van der Waals surface area contributed by atoms with E-state index < -0.39 is 5.63 Å². The Hall–Kier alpha value is -2.67. The quantitative estimate of drug-likeness (QED) is 0.512. The first-order chi connectivity index (χ1) is 14.0. The number of benzene rings is 1. The van der Waals surface area contributed by atoms with Crippen molar-refractivity contribution < 1.29 is 9.21 Å². The Morgan fingerprint density at radius 3 is 3.03 bits per heavy atom. The molecule has 1 atom stereocenters. The highest BCUT2D eigenvalue weighted by Crippen LogP contribution is 2.23. The van der Waals surface area contributed by atoms with Crippen molar-refractivity contribution in [1.82, 2.24) is 20.0 Å². The zero-order valence-corrected chi connectivity index (χ0v) is 17.1. The fourth-order valence-electron chi connectivity index (χ4n) is 4.22. The molecule has 1 amide bonds. The van der Waals surface area contributed by atoms with Crippen LogP contribution in [-0.4, -0.2) is 46.8 Å². The zero-order valence-electron chi connectivity index (χ0n) is 17.1. The summed E-state index contributed by atoms with van der Waals surface area (Å²) < 4.78 is 6.97. The second kappa shape index (κ2) is 8.37. The number of aromatic nitrogens is 2. The lowest BCUT2D eigenvalue weighted by atomic mass is 10.0. The standard InChI is InChI=1S/C22H28N4O3/c1-15-6-7-19-17(11-15)21-18(22(28)29-19)12-24-26(21)14-20(27)23-8-4-10-25-9-3-5-16(2)13-25/h6-7,11-12,16H,3-5,8-10,13-14H2,1-2H3,(H,23,27). The van der Waals surface area contributed by atoms with E-state index in [1.807, 2.05) is 19.1 Å². The van der Waals surface area contributed by atoms with E-state index in [0.29, 0.717) is 23.0 Å². The number of hydrogen-bond donors (Lipinski definition) is 1. The molecule has 3 aromatic rings. The van der Waals surface area contributed by atoms with E-state index in [4.69, 9.17) is 4.42 Å². The molecule has 1 aliphatic rings. The van der Waals surface area contributed by atoms with Gasteiger partial charge in [-0.25, -0.2) is 4.79 Å². The zero-order chi connectivity index (χ0) is 20.4. The second-order valence-electron chi connectivity index (χ2n) is 8.21. The molecule has 0 saturated carbocycles. The number of hydrogen-bond acceptors (Lipinski definition) is 5. The van der Waals surface area contributed by atoms with Crippen LogP contribution in [0.25, 0.3) is 21.9 Å². The first kappa shape index (κ1) is 19.6. The molecule has 154 valence electrons. The van der Waals surface area contributed by atoms with Gasteiger partial charge in [0.2, 0.25) is 5.91 Å². The van der Waals surface area contributed by atoms with Crippen molar-refractivity contribution in [2.75, 3.05) is 26.2 Å². The third-order valence-corrected chi connectivity index (χ3v) is 5.66. The summed E-state index contributed by atoms with van der Waals surface area (Å²) >= 11 is 0. The Morgan fingerprint density at radius 2 is 2.21 bits per heavy atom. The maximum Gasteiger partial charge on any atom is 0.347 e. The van der Waals surface area contributed by atoms with Crippen molar-refractivity contribution in [3.05, 3.63) is 40.4 Å². The highest BCUT2D eigenvalue weighted by Gasteiger charge is 2.17. The van der Waals surface area contributed by atoms with Gasteiger partial charge in [-0.1, -0.05) is 18.6 Å². The monoisotopic (exact) mass is 396 g/mol. The van der Waals surface area contributed by atoms with Gasteiger partial charge >= 0.3 is 5.63 Å². The number of likely N-dealkylation sites (tertiary alicyclic amines) is 1. The van der Waals surface area contributed by atoms with E-state index in [0.717, 1.165) is 42.9 Å². The number of nitrogens with one attached hydrogen (secondary N) is 1. The van der Waals surface area contributed by atoms with E-state index in [-0.39, 0.29) is 12.5 Å². The van der Waals surface area contributed by atoms with Gasteiger partial charge in [0.1, 0.15) is 17.5 Å². The van der Waals surface area contributed by atoms with E-state index in [9.17, 15) is 9.59 Å². The summed E-state index contributed by atoms with van der Waals surface area (Å²) in [5, 5.41) is 8.45. The highest BCUT2D eigenvalue weighted by atomic mass is 16.4. The second-order valence-corrected chi connectivity index (χ2v) is 8.21. The van der Waals surface area contributed by atoms with Crippen LogP contribution in [0.5, 0.6) is 0 Å². The van der Waals surface area contributed by atoms with Gasteiger partial charge in [-0.2, -0.15) is 5.10 Å². The van der Waals surface area contributed by atoms with E-state index in [1.54, 1.807) is 10.7 Å². The van der Waals surface area contributed by atoms with Crippen molar-refractivity contribution in [2.24, 2.45) is 5.92 Å². The molecule has 3 heterocycles. The van der Waals surface area contributed by atoms with Crippen molar-refractivity contribution in [1.29, 1.82) is 0 Å². The topological polar surface area (TPSA) is 80.4 Å². The Kier molecular flexibility index (Phi) is 5.67.